The first-order chi connectivity index (χ1) is 6.09. The van der Waals surface area contributed by atoms with Crippen LogP contribution in [0.25, 0.3) is 0 Å². The van der Waals surface area contributed by atoms with Crippen molar-refractivity contribution in [1.29, 1.82) is 0 Å². The number of hydrogen-bond donors (Lipinski definition) is 1. The van der Waals surface area contributed by atoms with Gasteiger partial charge in [0.25, 0.3) is 0 Å². The van der Waals surface area contributed by atoms with E-state index in [1.807, 2.05) is 0 Å². The molecule has 0 saturated carbocycles. The molecule has 0 aliphatic rings. The second kappa shape index (κ2) is 4.11. The Hall–Kier alpha value is -1.27. The third kappa shape index (κ3) is 2.92. The lowest BCUT2D eigenvalue weighted by atomic mass is 10.2. The number of hydrogen-bond acceptors (Lipinski definition) is 5. The third-order valence-corrected chi connectivity index (χ3v) is 1.54. The van der Waals surface area contributed by atoms with Gasteiger partial charge in [-0.1, -0.05) is 0 Å². The third-order valence-electron chi connectivity index (χ3n) is 1.35. The highest BCUT2D eigenvalue weighted by Crippen LogP contribution is 2.11. The fraction of sp³-hybridized carbons (Fsp3) is 0.333. The quantitative estimate of drug-likeness (QED) is 0.437. The molecule has 0 spiro atoms. The molecule has 1 aromatic rings. The lowest BCUT2D eigenvalue weighted by Gasteiger charge is -2.03. The van der Waals surface area contributed by atoms with Crippen molar-refractivity contribution < 1.29 is 10.0 Å². The summed E-state index contributed by atoms with van der Waals surface area (Å²) in [5, 5.41) is 19.3. The van der Waals surface area contributed by atoms with Crippen LogP contribution in [-0.2, 0) is 0 Å². The summed E-state index contributed by atoms with van der Waals surface area (Å²) in [6.45, 7) is -0.564. The second-order valence-electron chi connectivity index (χ2n) is 2.32. The van der Waals surface area contributed by atoms with E-state index in [0.717, 1.165) is 0 Å². The maximum absolute atomic E-state index is 10.0. The molecule has 1 heterocycles. The summed E-state index contributed by atoms with van der Waals surface area (Å²) in [5.74, 6) is 0. The van der Waals surface area contributed by atoms with Gasteiger partial charge in [0.1, 0.15) is 6.10 Å². The van der Waals surface area contributed by atoms with Crippen molar-refractivity contribution in [3.63, 3.8) is 0 Å². The molecule has 0 aliphatic carbocycles. The summed E-state index contributed by atoms with van der Waals surface area (Å²) >= 11 is 5.38. The molecular formula is C6H6ClN3O3. The summed E-state index contributed by atoms with van der Waals surface area (Å²) in [6, 6.07) is 0. The maximum Gasteiger partial charge on any atom is 0.233 e. The average Bonchev–Trinajstić information content (AvgIpc) is 2.04. The summed E-state index contributed by atoms with van der Waals surface area (Å²) in [5.41, 5.74) is 0.279. The van der Waals surface area contributed by atoms with Gasteiger partial charge in [-0.3, -0.25) is 10.1 Å². The van der Waals surface area contributed by atoms with E-state index in [1.54, 1.807) is 0 Å². The number of rotatable bonds is 3. The van der Waals surface area contributed by atoms with Gasteiger partial charge >= 0.3 is 0 Å². The molecule has 0 aromatic carbocycles. The predicted octanol–water partition coefficient (Wildman–Crippen LogP) is 0.440. The van der Waals surface area contributed by atoms with Crippen LogP contribution in [0.4, 0.5) is 0 Å². The average molecular weight is 204 g/mol. The Bertz CT molecular complexity index is 302. The molecule has 70 valence electrons. The Morgan fingerprint density at radius 1 is 1.62 bits per heavy atom. The number of aromatic nitrogens is 2. The fourth-order valence-corrected chi connectivity index (χ4v) is 0.839. The Kier molecular flexibility index (Phi) is 3.10. The standard InChI is InChI=1S/C6H6ClN3O3/c7-6-8-1-4(2-9-6)5(11)3-10(12)13/h1-2,5,11H,3H2. The summed E-state index contributed by atoms with van der Waals surface area (Å²) in [6.07, 6.45) is 1.32. The molecule has 0 radical (unpaired) electrons. The molecule has 0 amide bonds. The van der Waals surface area contributed by atoms with Crippen LogP contribution in [0.15, 0.2) is 12.4 Å². The van der Waals surface area contributed by atoms with Crippen LogP contribution in [0, 0.1) is 10.1 Å². The van der Waals surface area contributed by atoms with Gasteiger partial charge in [-0.2, -0.15) is 0 Å². The van der Waals surface area contributed by atoms with E-state index in [0.29, 0.717) is 0 Å². The van der Waals surface area contributed by atoms with Gasteiger partial charge in [-0.05, 0) is 11.6 Å². The Balaban J connectivity index is 2.71. The molecule has 7 heteroatoms. The lowest BCUT2D eigenvalue weighted by Crippen LogP contribution is -2.12. The van der Waals surface area contributed by atoms with Crippen molar-refractivity contribution in [2.75, 3.05) is 6.54 Å². The van der Waals surface area contributed by atoms with Gasteiger partial charge in [-0.15, -0.1) is 0 Å². The van der Waals surface area contributed by atoms with Crippen LogP contribution in [0.3, 0.4) is 0 Å². The topological polar surface area (TPSA) is 89.2 Å². The van der Waals surface area contributed by atoms with E-state index in [9.17, 15) is 15.2 Å². The summed E-state index contributed by atoms with van der Waals surface area (Å²) < 4.78 is 0. The van der Waals surface area contributed by atoms with Gasteiger partial charge in [-0.25, -0.2) is 9.97 Å². The minimum Gasteiger partial charge on any atom is -0.381 e. The first kappa shape index (κ1) is 9.82. The zero-order valence-corrected chi connectivity index (χ0v) is 7.18. The first-order valence-electron chi connectivity index (χ1n) is 3.37. The van der Waals surface area contributed by atoms with Gasteiger partial charge in [0.05, 0.1) is 0 Å². The number of aliphatic hydroxyl groups excluding tert-OH is 1. The first-order valence-corrected chi connectivity index (χ1v) is 3.74. The molecule has 0 aliphatic heterocycles. The molecule has 6 nitrogen and oxygen atoms in total. The van der Waals surface area contributed by atoms with Crippen molar-refractivity contribution in [1.82, 2.24) is 9.97 Å². The summed E-state index contributed by atoms with van der Waals surface area (Å²) in [4.78, 5) is 16.6. The molecule has 1 unspecified atom stereocenters. The predicted molar refractivity (Wildman–Crippen MR) is 43.9 cm³/mol. The highest BCUT2D eigenvalue weighted by molar-refractivity contribution is 6.28. The fourth-order valence-electron chi connectivity index (χ4n) is 0.741. The summed E-state index contributed by atoms with van der Waals surface area (Å²) in [7, 11) is 0. The normalized spacial score (nSPS) is 12.5. The lowest BCUT2D eigenvalue weighted by molar-refractivity contribution is -0.491. The second-order valence-corrected chi connectivity index (χ2v) is 2.65. The molecule has 0 saturated heterocycles. The Morgan fingerprint density at radius 2 is 2.15 bits per heavy atom. The zero-order chi connectivity index (χ0) is 9.84. The van der Waals surface area contributed by atoms with E-state index in [1.165, 1.54) is 12.4 Å². The molecule has 0 fully saturated rings. The van der Waals surface area contributed by atoms with Crippen molar-refractivity contribution in [2.45, 2.75) is 6.10 Å². The van der Waals surface area contributed by atoms with Crippen LogP contribution in [0.2, 0.25) is 5.28 Å². The monoisotopic (exact) mass is 203 g/mol. The number of aliphatic hydroxyl groups is 1. The smallest absolute Gasteiger partial charge is 0.233 e. The minimum atomic E-state index is -1.19. The van der Waals surface area contributed by atoms with Crippen LogP contribution in [-0.4, -0.2) is 26.5 Å². The molecule has 1 rings (SSSR count). The number of nitro groups is 1. The van der Waals surface area contributed by atoms with Crippen molar-refractivity contribution in [2.24, 2.45) is 0 Å². The SMILES string of the molecule is O=[N+]([O-])CC(O)c1cnc(Cl)nc1. The van der Waals surface area contributed by atoms with Crippen molar-refractivity contribution in [3.8, 4) is 0 Å². The number of nitrogens with zero attached hydrogens (tertiary/aromatic N) is 3. The van der Waals surface area contributed by atoms with E-state index in [2.05, 4.69) is 9.97 Å². The van der Waals surface area contributed by atoms with Crippen LogP contribution >= 0.6 is 11.6 Å². The molecule has 1 atom stereocenters. The van der Waals surface area contributed by atoms with Gasteiger partial charge < -0.3 is 5.11 Å². The van der Waals surface area contributed by atoms with Crippen molar-refractivity contribution in [3.05, 3.63) is 33.4 Å². The molecule has 1 N–H and O–H groups in total. The van der Waals surface area contributed by atoms with Gasteiger partial charge in [0.2, 0.25) is 11.8 Å². The minimum absolute atomic E-state index is 0.0389. The van der Waals surface area contributed by atoms with Crippen LogP contribution in [0.1, 0.15) is 11.7 Å². The highest BCUT2D eigenvalue weighted by Gasteiger charge is 2.14. The molecular weight excluding hydrogens is 198 g/mol. The maximum atomic E-state index is 10.0. The van der Waals surface area contributed by atoms with Crippen LogP contribution in [0.5, 0.6) is 0 Å². The Morgan fingerprint density at radius 3 is 2.62 bits per heavy atom. The van der Waals surface area contributed by atoms with Crippen LogP contribution < -0.4 is 0 Å². The van der Waals surface area contributed by atoms with Gasteiger partial charge in [0.15, 0.2) is 0 Å². The van der Waals surface area contributed by atoms with E-state index < -0.39 is 17.6 Å². The van der Waals surface area contributed by atoms with E-state index >= 15 is 0 Å². The zero-order valence-electron chi connectivity index (χ0n) is 6.42. The van der Waals surface area contributed by atoms with E-state index in [4.69, 9.17) is 11.6 Å². The number of halogens is 1. The molecule has 13 heavy (non-hydrogen) atoms. The largest absolute Gasteiger partial charge is 0.381 e. The van der Waals surface area contributed by atoms with Gasteiger partial charge in [0, 0.05) is 22.9 Å². The molecule has 1 aromatic heterocycles. The Labute approximate surface area is 78.4 Å². The highest BCUT2D eigenvalue weighted by atomic mass is 35.5. The molecule has 0 bridgehead atoms. The van der Waals surface area contributed by atoms with E-state index in [-0.39, 0.29) is 10.8 Å². The van der Waals surface area contributed by atoms with Crippen molar-refractivity contribution >= 4 is 11.6 Å².